The molecule has 1 aliphatic rings. The molecule has 2 amide bonds. The van der Waals surface area contributed by atoms with Crippen molar-refractivity contribution < 1.29 is 9.59 Å². The molecular formula is C16H22ClN3O2. The smallest absolute Gasteiger partial charge is 0.254 e. The summed E-state index contributed by atoms with van der Waals surface area (Å²) in [6, 6.07) is 5.33. The Balaban J connectivity index is 2.07. The fraction of sp³-hybridized carbons (Fsp3) is 0.500. The molecular weight excluding hydrogens is 302 g/mol. The number of carbonyl (C=O) groups excluding carboxylic acids is 2. The fourth-order valence-electron chi connectivity index (χ4n) is 2.72. The minimum Gasteiger partial charge on any atom is -0.355 e. The number of carbonyl (C=O) groups is 2. The molecule has 1 unspecified atom stereocenters. The number of piperidine rings is 1. The van der Waals surface area contributed by atoms with Gasteiger partial charge in [-0.05, 0) is 37.5 Å². The summed E-state index contributed by atoms with van der Waals surface area (Å²) in [5.41, 5.74) is 6.79. The molecule has 1 aliphatic heterocycles. The van der Waals surface area contributed by atoms with E-state index in [1.165, 1.54) is 0 Å². The monoisotopic (exact) mass is 323 g/mol. The third kappa shape index (κ3) is 3.78. The molecule has 0 spiro atoms. The second kappa shape index (κ2) is 7.61. The largest absolute Gasteiger partial charge is 0.355 e. The van der Waals surface area contributed by atoms with Gasteiger partial charge in [-0.2, -0.15) is 0 Å². The van der Waals surface area contributed by atoms with Crippen LogP contribution >= 0.6 is 11.6 Å². The Morgan fingerprint density at radius 2 is 2.23 bits per heavy atom. The number of nitrogens with two attached hydrogens (primary N) is 1. The summed E-state index contributed by atoms with van der Waals surface area (Å²) >= 11 is 6.09. The zero-order valence-corrected chi connectivity index (χ0v) is 13.5. The first-order valence-corrected chi connectivity index (χ1v) is 7.94. The van der Waals surface area contributed by atoms with Gasteiger partial charge in [0.15, 0.2) is 0 Å². The third-order valence-electron chi connectivity index (χ3n) is 4.02. The summed E-state index contributed by atoms with van der Waals surface area (Å²) in [4.78, 5) is 26.5. The van der Waals surface area contributed by atoms with E-state index in [2.05, 4.69) is 5.32 Å². The minimum atomic E-state index is -0.163. The Morgan fingerprint density at radius 1 is 1.45 bits per heavy atom. The lowest BCUT2D eigenvalue weighted by Gasteiger charge is -2.32. The normalized spacial score (nSPS) is 18.1. The van der Waals surface area contributed by atoms with Gasteiger partial charge in [0, 0.05) is 36.8 Å². The average molecular weight is 324 g/mol. The van der Waals surface area contributed by atoms with Crippen LogP contribution in [-0.2, 0) is 4.79 Å². The summed E-state index contributed by atoms with van der Waals surface area (Å²) in [6.07, 6.45) is 1.63. The van der Waals surface area contributed by atoms with Crippen molar-refractivity contribution in [2.24, 2.45) is 11.7 Å². The number of amides is 2. The van der Waals surface area contributed by atoms with Gasteiger partial charge < -0.3 is 16.0 Å². The maximum Gasteiger partial charge on any atom is 0.254 e. The number of likely N-dealkylation sites (tertiary alicyclic amines) is 1. The van der Waals surface area contributed by atoms with E-state index in [1.54, 1.807) is 23.1 Å². The maximum absolute atomic E-state index is 12.7. The van der Waals surface area contributed by atoms with Crippen LogP contribution in [0.5, 0.6) is 0 Å². The average Bonchev–Trinajstić information content (AvgIpc) is 2.54. The van der Waals surface area contributed by atoms with Crippen LogP contribution < -0.4 is 11.1 Å². The van der Waals surface area contributed by atoms with Crippen molar-refractivity contribution in [3.8, 4) is 0 Å². The van der Waals surface area contributed by atoms with E-state index in [1.807, 2.05) is 6.92 Å². The van der Waals surface area contributed by atoms with Crippen molar-refractivity contribution in [3.63, 3.8) is 0 Å². The van der Waals surface area contributed by atoms with Crippen molar-refractivity contribution >= 4 is 23.4 Å². The molecule has 1 aromatic rings. The van der Waals surface area contributed by atoms with Crippen molar-refractivity contribution in [2.45, 2.75) is 19.8 Å². The van der Waals surface area contributed by atoms with Crippen molar-refractivity contribution in [2.75, 3.05) is 26.2 Å². The van der Waals surface area contributed by atoms with Gasteiger partial charge >= 0.3 is 0 Å². The Kier molecular flexibility index (Phi) is 5.80. The number of hydrogen-bond donors (Lipinski definition) is 2. The first-order valence-electron chi connectivity index (χ1n) is 7.56. The van der Waals surface area contributed by atoms with Crippen LogP contribution in [0.3, 0.4) is 0 Å². The molecule has 22 heavy (non-hydrogen) atoms. The molecule has 0 radical (unpaired) electrons. The minimum absolute atomic E-state index is 0.0224. The van der Waals surface area contributed by atoms with E-state index in [0.717, 1.165) is 18.4 Å². The van der Waals surface area contributed by atoms with E-state index in [4.69, 9.17) is 17.3 Å². The van der Waals surface area contributed by atoms with Crippen LogP contribution in [0.15, 0.2) is 18.2 Å². The van der Waals surface area contributed by atoms with Gasteiger partial charge in [0.2, 0.25) is 5.91 Å². The van der Waals surface area contributed by atoms with Crippen LogP contribution in [0, 0.1) is 12.8 Å². The van der Waals surface area contributed by atoms with Gasteiger partial charge in [0.05, 0.1) is 5.92 Å². The first kappa shape index (κ1) is 16.8. The molecule has 5 nitrogen and oxygen atoms in total. The van der Waals surface area contributed by atoms with Gasteiger partial charge in [-0.1, -0.05) is 17.7 Å². The highest BCUT2D eigenvalue weighted by Crippen LogP contribution is 2.23. The second-order valence-electron chi connectivity index (χ2n) is 5.58. The lowest BCUT2D eigenvalue weighted by atomic mass is 9.96. The molecule has 0 saturated carbocycles. The highest BCUT2D eigenvalue weighted by Gasteiger charge is 2.29. The van der Waals surface area contributed by atoms with E-state index in [9.17, 15) is 9.59 Å². The van der Waals surface area contributed by atoms with Crippen LogP contribution in [-0.4, -0.2) is 42.9 Å². The lowest BCUT2D eigenvalue weighted by molar-refractivity contribution is -0.126. The zero-order valence-electron chi connectivity index (χ0n) is 12.8. The Morgan fingerprint density at radius 3 is 2.95 bits per heavy atom. The van der Waals surface area contributed by atoms with Crippen LogP contribution in [0.25, 0.3) is 0 Å². The number of rotatable bonds is 4. The SMILES string of the molecule is Cc1c(Cl)cccc1C(=O)N1CCCC(C(=O)NCCN)C1. The predicted octanol–water partition coefficient (Wildman–Crippen LogP) is 1.58. The first-order chi connectivity index (χ1) is 10.5. The van der Waals surface area contributed by atoms with E-state index >= 15 is 0 Å². The van der Waals surface area contributed by atoms with E-state index < -0.39 is 0 Å². The number of nitrogens with one attached hydrogen (secondary N) is 1. The Bertz CT molecular complexity index is 562. The molecule has 6 heteroatoms. The molecule has 0 aromatic heterocycles. The van der Waals surface area contributed by atoms with Crippen LogP contribution in [0.4, 0.5) is 0 Å². The van der Waals surface area contributed by atoms with Crippen molar-refractivity contribution in [3.05, 3.63) is 34.3 Å². The predicted molar refractivity (Wildman–Crippen MR) is 86.9 cm³/mol. The Hall–Kier alpha value is -1.59. The highest BCUT2D eigenvalue weighted by molar-refractivity contribution is 6.31. The van der Waals surface area contributed by atoms with Crippen molar-refractivity contribution in [1.82, 2.24) is 10.2 Å². The summed E-state index contributed by atoms with van der Waals surface area (Å²) in [7, 11) is 0. The van der Waals surface area contributed by atoms with Gasteiger partial charge in [0.1, 0.15) is 0 Å². The number of hydrogen-bond acceptors (Lipinski definition) is 3. The maximum atomic E-state index is 12.7. The molecule has 1 aromatic carbocycles. The molecule has 1 saturated heterocycles. The molecule has 0 aliphatic carbocycles. The molecule has 120 valence electrons. The van der Waals surface area contributed by atoms with E-state index in [-0.39, 0.29) is 17.7 Å². The zero-order chi connectivity index (χ0) is 16.1. The van der Waals surface area contributed by atoms with Crippen molar-refractivity contribution in [1.29, 1.82) is 0 Å². The molecule has 1 heterocycles. The van der Waals surface area contributed by atoms with Gasteiger partial charge in [0.25, 0.3) is 5.91 Å². The third-order valence-corrected chi connectivity index (χ3v) is 4.43. The van der Waals surface area contributed by atoms with Crippen LogP contribution in [0.1, 0.15) is 28.8 Å². The second-order valence-corrected chi connectivity index (χ2v) is 5.99. The molecule has 1 atom stereocenters. The van der Waals surface area contributed by atoms with Gasteiger partial charge in [-0.25, -0.2) is 0 Å². The molecule has 1 fully saturated rings. The quantitative estimate of drug-likeness (QED) is 0.883. The number of nitrogens with zero attached hydrogens (tertiary/aromatic N) is 1. The summed E-state index contributed by atoms with van der Waals surface area (Å²) in [5.74, 6) is -0.245. The molecule has 0 bridgehead atoms. The molecule has 2 rings (SSSR count). The standard InChI is InChI=1S/C16H22ClN3O2/c1-11-13(5-2-6-14(11)17)16(22)20-9-3-4-12(10-20)15(21)19-8-7-18/h2,5-6,12H,3-4,7-10,18H2,1H3,(H,19,21). The summed E-state index contributed by atoms with van der Waals surface area (Å²) in [6.45, 7) is 3.84. The molecule has 3 N–H and O–H groups in total. The number of benzene rings is 1. The van der Waals surface area contributed by atoms with E-state index in [0.29, 0.717) is 36.8 Å². The summed E-state index contributed by atoms with van der Waals surface area (Å²) < 4.78 is 0. The van der Waals surface area contributed by atoms with Gasteiger partial charge in [-0.15, -0.1) is 0 Å². The topological polar surface area (TPSA) is 75.4 Å². The van der Waals surface area contributed by atoms with Gasteiger partial charge in [-0.3, -0.25) is 9.59 Å². The lowest BCUT2D eigenvalue weighted by Crippen LogP contribution is -2.46. The van der Waals surface area contributed by atoms with Crippen LogP contribution in [0.2, 0.25) is 5.02 Å². The fourth-order valence-corrected chi connectivity index (χ4v) is 2.90. The Labute approximate surface area is 135 Å². The summed E-state index contributed by atoms with van der Waals surface area (Å²) in [5, 5.41) is 3.38. The highest BCUT2D eigenvalue weighted by atomic mass is 35.5. The number of halogens is 1.